The van der Waals surface area contributed by atoms with Gasteiger partial charge in [-0.05, 0) is 83.3 Å². The molecule has 2 aliphatic rings. The summed E-state index contributed by atoms with van der Waals surface area (Å²) in [5, 5.41) is 4.88. The molecule has 0 spiro atoms. The van der Waals surface area contributed by atoms with Crippen LogP contribution in [0, 0.1) is 12.8 Å². The molecule has 0 saturated carbocycles. The van der Waals surface area contributed by atoms with Gasteiger partial charge in [0.25, 0.3) is 0 Å². The molecule has 2 aliphatic heterocycles. The van der Waals surface area contributed by atoms with Crippen LogP contribution >= 0.6 is 0 Å². The van der Waals surface area contributed by atoms with Gasteiger partial charge in [-0.15, -0.1) is 0 Å². The van der Waals surface area contributed by atoms with Gasteiger partial charge < -0.3 is 19.4 Å². The molecule has 192 valence electrons. The lowest BCUT2D eigenvalue weighted by Crippen LogP contribution is -2.54. The number of piperidine rings is 1. The number of para-hydroxylation sites is 1. The van der Waals surface area contributed by atoms with Crippen LogP contribution in [-0.4, -0.2) is 61.2 Å². The number of hydrogen-bond donors (Lipinski definition) is 2. The first-order chi connectivity index (χ1) is 17.4. The number of carbonyl (C=O) groups excluding carboxylic acids is 1. The maximum atomic E-state index is 14.4. The van der Waals surface area contributed by atoms with E-state index in [1.165, 1.54) is 18.4 Å². The van der Waals surface area contributed by atoms with E-state index in [1.54, 1.807) is 7.11 Å². The highest BCUT2D eigenvalue weighted by molar-refractivity contribution is 6.07. The Morgan fingerprint density at radius 3 is 2.67 bits per heavy atom. The molecule has 2 atom stereocenters. The van der Waals surface area contributed by atoms with E-state index in [9.17, 15) is 4.79 Å². The third-order valence-electron chi connectivity index (χ3n) is 8.19. The second-order valence-corrected chi connectivity index (χ2v) is 10.7. The second-order valence-electron chi connectivity index (χ2n) is 10.7. The lowest BCUT2D eigenvalue weighted by atomic mass is 9.78. The van der Waals surface area contributed by atoms with Gasteiger partial charge in [0.1, 0.15) is 17.4 Å². The molecule has 2 aromatic carbocycles. The topological polar surface area (TPSA) is 69.9 Å². The van der Waals surface area contributed by atoms with Crippen LogP contribution in [0.4, 0.5) is 0 Å². The Labute approximate surface area is 214 Å². The summed E-state index contributed by atoms with van der Waals surface area (Å²) in [4.78, 5) is 20.3. The molecule has 2 unspecified atom stereocenters. The number of methoxy groups -OCH3 is 1. The molecule has 0 aliphatic carbocycles. The van der Waals surface area contributed by atoms with E-state index in [-0.39, 0.29) is 11.9 Å². The fourth-order valence-corrected chi connectivity index (χ4v) is 5.87. The van der Waals surface area contributed by atoms with E-state index in [0.717, 1.165) is 42.5 Å². The molecule has 1 aromatic heterocycles. The summed E-state index contributed by atoms with van der Waals surface area (Å²) in [6.45, 7) is 10.2. The number of rotatable bonds is 10. The van der Waals surface area contributed by atoms with Crippen molar-refractivity contribution < 1.29 is 14.3 Å². The number of aromatic nitrogens is 1. The fraction of sp³-hybridized carbons (Fsp3) is 0.500. The first kappa shape index (κ1) is 25.0. The number of hydrogen-bond acceptors (Lipinski definition) is 5. The Morgan fingerprint density at radius 1 is 1.22 bits per heavy atom. The number of H-pyrrole nitrogens is 1. The maximum absolute atomic E-state index is 14.4. The zero-order valence-corrected chi connectivity index (χ0v) is 22.0. The molecule has 0 bridgehead atoms. The SMILES string of the molecule is COc1ccccc1C(NCCC1CCN(C(C)C)CC1)(C(=O)c1ccc2c(C)c[nH]c2c1)C1CO1. The molecule has 2 fully saturated rings. The van der Waals surface area contributed by atoms with E-state index in [0.29, 0.717) is 29.9 Å². The van der Waals surface area contributed by atoms with Crippen molar-refractivity contribution in [3.63, 3.8) is 0 Å². The molecule has 36 heavy (non-hydrogen) atoms. The summed E-state index contributed by atoms with van der Waals surface area (Å²) < 4.78 is 11.7. The Balaban J connectivity index is 1.45. The molecular formula is C30H39N3O3. The standard InChI is InChI=1S/C30H39N3O3/c1-20(2)33-15-12-22(13-16-33)11-14-32-30(28-19-36-28,25-7-5-6-8-27(25)35-4)29(34)23-9-10-24-21(3)18-31-26(24)17-23/h5-10,17-18,20,22,28,31-32H,11-16,19H2,1-4H3. The maximum Gasteiger partial charge on any atom is 0.190 e. The number of epoxide rings is 1. The first-order valence-electron chi connectivity index (χ1n) is 13.3. The molecule has 2 N–H and O–H groups in total. The van der Waals surface area contributed by atoms with Gasteiger partial charge in [0, 0.05) is 34.3 Å². The number of fused-ring (bicyclic) bond motifs is 1. The Bertz CT molecular complexity index is 1210. The van der Waals surface area contributed by atoms with Gasteiger partial charge in [0.2, 0.25) is 0 Å². The van der Waals surface area contributed by atoms with E-state index in [1.807, 2.05) is 48.7 Å². The number of carbonyl (C=O) groups is 1. The predicted molar refractivity (Wildman–Crippen MR) is 144 cm³/mol. The molecule has 0 radical (unpaired) electrons. The van der Waals surface area contributed by atoms with Gasteiger partial charge in [0.05, 0.1) is 13.7 Å². The largest absolute Gasteiger partial charge is 0.496 e. The second kappa shape index (κ2) is 10.4. The Kier molecular flexibility index (Phi) is 7.20. The number of benzene rings is 2. The Hall–Kier alpha value is -2.67. The molecule has 6 nitrogen and oxygen atoms in total. The minimum absolute atomic E-state index is 0.0262. The molecule has 2 saturated heterocycles. The highest BCUT2D eigenvalue weighted by Crippen LogP contribution is 2.42. The summed E-state index contributed by atoms with van der Waals surface area (Å²) in [6, 6.07) is 14.4. The van der Waals surface area contributed by atoms with Crippen molar-refractivity contribution in [2.45, 2.75) is 57.7 Å². The van der Waals surface area contributed by atoms with Crippen LogP contribution in [0.5, 0.6) is 5.75 Å². The quantitative estimate of drug-likeness (QED) is 0.308. The zero-order valence-electron chi connectivity index (χ0n) is 22.0. The molecular weight excluding hydrogens is 450 g/mol. The highest BCUT2D eigenvalue weighted by atomic mass is 16.6. The smallest absolute Gasteiger partial charge is 0.190 e. The van der Waals surface area contributed by atoms with Gasteiger partial charge in [0.15, 0.2) is 5.78 Å². The minimum Gasteiger partial charge on any atom is -0.496 e. The van der Waals surface area contributed by atoms with Crippen molar-refractivity contribution in [2.24, 2.45) is 5.92 Å². The molecule has 6 heteroatoms. The first-order valence-corrected chi connectivity index (χ1v) is 13.3. The summed E-state index contributed by atoms with van der Waals surface area (Å²) in [5.41, 5.74) is 2.66. The van der Waals surface area contributed by atoms with Crippen molar-refractivity contribution in [1.82, 2.24) is 15.2 Å². The van der Waals surface area contributed by atoms with Gasteiger partial charge in [-0.2, -0.15) is 0 Å². The number of ketones is 1. The zero-order chi connectivity index (χ0) is 25.3. The van der Waals surface area contributed by atoms with Crippen LogP contribution in [0.1, 0.15) is 54.6 Å². The molecule has 3 aromatic rings. The highest BCUT2D eigenvalue weighted by Gasteiger charge is 2.55. The number of ether oxygens (including phenoxy) is 2. The average molecular weight is 490 g/mol. The normalized spacial score (nSPS) is 20.5. The van der Waals surface area contributed by atoms with E-state index in [2.05, 4.69) is 36.0 Å². The van der Waals surface area contributed by atoms with E-state index in [4.69, 9.17) is 9.47 Å². The van der Waals surface area contributed by atoms with Gasteiger partial charge >= 0.3 is 0 Å². The van der Waals surface area contributed by atoms with Crippen LogP contribution in [0.15, 0.2) is 48.7 Å². The van der Waals surface area contributed by atoms with Crippen molar-refractivity contribution in [1.29, 1.82) is 0 Å². The van der Waals surface area contributed by atoms with Gasteiger partial charge in [-0.25, -0.2) is 0 Å². The number of aromatic amines is 1. The van der Waals surface area contributed by atoms with Crippen molar-refractivity contribution >= 4 is 16.7 Å². The number of Topliss-reactive ketones (excluding diaryl/α,β-unsaturated/α-hetero) is 1. The number of nitrogens with zero attached hydrogens (tertiary/aromatic N) is 1. The predicted octanol–water partition coefficient (Wildman–Crippen LogP) is 5.06. The Morgan fingerprint density at radius 2 is 1.97 bits per heavy atom. The summed E-state index contributed by atoms with van der Waals surface area (Å²) in [5.74, 6) is 1.39. The van der Waals surface area contributed by atoms with Crippen molar-refractivity contribution in [3.05, 3.63) is 65.4 Å². The molecule has 0 amide bonds. The lowest BCUT2D eigenvalue weighted by Gasteiger charge is -2.37. The summed E-state index contributed by atoms with van der Waals surface area (Å²) >= 11 is 0. The van der Waals surface area contributed by atoms with Crippen molar-refractivity contribution in [2.75, 3.05) is 33.4 Å². The van der Waals surface area contributed by atoms with E-state index < -0.39 is 5.54 Å². The molecule has 5 rings (SSSR count). The third kappa shape index (κ3) is 4.70. The summed E-state index contributed by atoms with van der Waals surface area (Å²) in [6.07, 6.45) is 5.21. The van der Waals surface area contributed by atoms with Crippen LogP contribution in [0.25, 0.3) is 10.9 Å². The lowest BCUT2D eigenvalue weighted by molar-refractivity contribution is 0.0792. The number of likely N-dealkylation sites (tertiary alicyclic amines) is 1. The van der Waals surface area contributed by atoms with Gasteiger partial charge in [-0.1, -0.05) is 30.3 Å². The third-order valence-corrected chi connectivity index (χ3v) is 8.19. The molecule has 3 heterocycles. The minimum atomic E-state index is -0.999. The van der Waals surface area contributed by atoms with E-state index >= 15 is 0 Å². The average Bonchev–Trinajstić information content (AvgIpc) is 3.69. The van der Waals surface area contributed by atoms with Crippen LogP contribution in [0.2, 0.25) is 0 Å². The number of nitrogens with one attached hydrogen (secondary N) is 2. The number of aryl methyl sites for hydroxylation is 1. The van der Waals surface area contributed by atoms with Crippen LogP contribution < -0.4 is 10.1 Å². The fourth-order valence-electron chi connectivity index (χ4n) is 5.87. The van der Waals surface area contributed by atoms with Gasteiger partial charge in [-0.3, -0.25) is 10.1 Å². The van der Waals surface area contributed by atoms with Crippen LogP contribution in [0.3, 0.4) is 0 Å². The van der Waals surface area contributed by atoms with Crippen molar-refractivity contribution in [3.8, 4) is 5.75 Å². The monoisotopic (exact) mass is 489 g/mol. The van der Waals surface area contributed by atoms with Crippen LogP contribution in [-0.2, 0) is 10.3 Å². The summed E-state index contributed by atoms with van der Waals surface area (Å²) in [7, 11) is 1.66.